The molecule has 0 bridgehead atoms. The Hall–Kier alpha value is -6.00. The minimum atomic E-state index is 0.849. The van der Waals surface area contributed by atoms with E-state index >= 15 is 0 Å². The summed E-state index contributed by atoms with van der Waals surface area (Å²) in [7, 11) is 0. The highest BCUT2D eigenvalue weighted by molar-refractivity contribution is 6.21. The molecular formula is C40H26N4. The van der Waals surface area contributed by atoms with Crippen LogP contribution in [0.15, 0.2) is 158 Å². The molecule has 0 spiro atoms. The lowest BCUT2D eigenvalue weighted by atomic mass is 9.86. The zero-order valence-electron chi connectivity index (χ0n) is 23.8. The van der Waals surface area contributed by atoms with Crippen molar-refractivity contribution in [2.75, 3.05) is 0 Å². The number of hydrogen-bond donors (Lipinski definition) is 0. The molecule has 206 valence electrons. The third-order valence-corrected chi connectivity index (χ3v) is 8.09. The van der Waals surface area contributed by atoms with Crippen molar-refractivity contribution < 1.29 is 0 Å². The van der Waals surface area contributed by atoms with Crippen LogP contribution in [0.3, 0.4) is 0 Å². The molecule has 8 aromatic rings. The van der Waals surface area contributed by atoms with E-state index in [2.05, 4.69) is 107 Å². The molecule has 4 heteroatoms. The van der Waals surface area contributed by atoms with Crippen LogP contribution in [-0.4, -0.2) is 19.9 Å². The fraction of sp³-hybridized carbons (Fsp3) is 0. The monoisotopic (exact) mass is 562 g/mol. The third kappa shape index (κ3) is 4.59. The van der Waals surface area contributed by atoms with Crippen LogP contribution in [0.25, 0.3) is 77.7 Å². The molecule has 0 N–H and O–H groups in total. The average molecular weight is 563 g/mol. The summed E-state index contributed by atoms with van der Waals surface area (Å²) in [5.41, 5.74) is 10.2. The number of pyridine rings is 4. The van der Waals surface area contributed by atoms with Gasteiger partial charge in [0.1, 0.15) is 0 Å². The van der Waals surface area contributed by atoms with E-state index in [0.717, 1.165) is 72.1 Å². The quantitative estimate of drug-likeness (QED) is 0.196. The van der Waals surface area contributed by atoms with E-state index in [1.165, 1.54) is 5.56 Å². The zero-order chi connectivity index (χ0) is 29.3. The van der Waals surface area contributed by atoms with Crippen LogP contribution in [-0.2, 0) is 0 Å². The van der Waals surface area contributed by atoms with Gasteiger partial charge in [0.25, 0.3) is 0 Å². The second-order valence-corrected chi connectivity index (χ2v) is 10.7. The van der Waals surface area contributed by atoms with Gasteiger partial charge in [-0.15, -0.1) is 0 Å². The fourth-order valence-electron chi connectivity index (χ4n) is 6.01. The number of aromatic nitrogens is 4. The molecule has 4 heterocycles. The third-order valence-electron chi connectivity index (χ3n) is 8.09. The summed E-state index contributed by atoms with van der Waals surface area (Å²) in [6.45, 7) is 0. The lowest BCUT2D eigenvalue weighted by molar-refractivity contribution is 1.25. The predicted octanol–water partition coefficient (Wildman–Crippen LogP) is 9.91. The minimum Gasteiger partial charge on any atom is -0.256 e. The number of rotatable bonds is 5. The Morgan fingerprint density at radius 1 is 0.295 bits per heavy atom. The molecule has 0 aliphatic carbocycles. The van der Waals surface area contributed by atoms with Crippen LogP contribution >= 0.6 is 0 Å². The van der Waals surface area contributed by atoms with E-state index < -0.39 is 0 Å². The number of benzene rings is 4. The first kappa shape index (κ1) is 25.7. The normalized spacial score (nSPS) is 11.2. The number of nitrogens with zero attached hydrogens (tertiary/aromatic N) is 4. The Morgan fingerprint density at radius 3 is 1.55 bits per heavy atom. The maximum absolute atomic E-state index is 4.99. The zero-order valence-corrected chi connectivity index (χ0v) is 23.8. The molecule has 0 fully saturated rings. The Balaban J connectivity index is 1.38. The standard InChI is InChI=1S/C40H26N4/c1-2-10-27(11-3-1)28-16-19-33-34(24-28)39(30-18-20-37(43-26-30)36-15-7-9-23-42-36)31-12-4-5-13-32(31)40(33)38-21-17-29(25-44-38)35-14-6-8-22-41-35/h1-26H. The highest BCUT2D eigenvalue weighted by Crippen LogP contribution is 2.44. The summed E-state index contributed by atoms with van der Waals surface area (Å²) in [5.74, 6) is 0. The van der Waals surface area contributed by atoms with Gasteiger partial charge in [-0.3, -0.25) is 19.9 Å². The molecule has 44 heavy (non-hydrogen) atoms. The second-order valence-electron chi connectivity index (χ2n) is 10.7. The Kier molecular flexibility index (Phi) is 6.43. The second kappa shape index (κ2) is 11.0. The molecule has 4 aromatic carbocycles. The predicted molar refractivity (Wildman–Crippen MR) is 180 cm³/mol. The van der Waals surface area contributed by atoms with Crippen LogP contribution < -0.4 is 0 Å². The van der Waals surface area contributed by atoms with E-state index in [1.807, 2.05) is 55.0 Å². The first-order valence-corrected chi connectivity index (χ1v) is 14.6. The summed E-state index contributed by atoms with van der Waals surface area (Å²) >= 11 is 0. The summed E-state index contributed by atoms with van der Waals surface area (Å²) < 4.78 is 0. The van der Waals surface area contributed by atoms with Crippen LogP contribution in [0.5, 0.6) is 0 Å². The lowest BCUT2D eigenvalue weighted by Gasteiger charge is -2.18. The Morgan fingerprint density at radius 2 is 0.864 bits per heavy atom. The van der Waals surface area contributed by atoms with Gasteiger partial charge >= 0.3 is 0 Å². The SMILES string of the molecule is c1ccc(-c2ccc3c(-c4ccc(-c5ccccn5)cn4)c4ccccc4c(-c4ccc(-c5ccccn5)nc4)c3c2)cc1. The van der Waals surface area contributed by atoms with Gasteiger partial charge in [-0.2, -0.15) is 0 Å². The lowest BCUT2D eigenvalue weighted by Crippen LogP contribution is -1.94. The smallest absolute Gasteiger partial charge is 0.0886 e. The summed E-state index contributed by atoms with van der Waals surface area (Å²) in [4.78, 5) is 18.9. The highest BCUT2D eigenvalue weighted by Gasteiger charge is 2.19. The molecular weight excluding hydrogens is 536 g/mol. The summed E-state index contributed by atoms with van der Waals surface area (Å²) in [5, 5.41) is 4.60. The number of hydrogen-bond acceptors (Lipinski definition) is 4. The topological polar surface area (TPSA) is 51.6 Å². The fourth-order valence-corrected chi connectivity index (χ4v) is 6.01. The highest BCUT2D eigenvalue weighted by atomic mass is 14.8. The van der Waals surface area contributed by atoms with Gasteiger partial charge in [0.05, 0.1) is 22.8 Å². The maximum atomic E-state index is 4.99. The van der Waals surface area contributed by atoms with E-state index in [0.29, 0.717) is 0 Å². The number of fused-ring (bicyclic) bond motifs is 2. The van der Waals surface area contributed by atoms with Crippen molar-refractivity contribution in [3.8, 4) is 56.2 Å². The van der Waals surface area contributed by atoms with Crippen LogP contribution in [0.1, 0.15) is 0 Å². The van der Waals surface area contributed by atoms with E-state index in [-0.39, 0.29) is 0 Å². The summed E-state index contributed by atoms with van der Waals surface area (Å²) in [6, 6.07) is 46.2. The van der Waals surface area contributed by atoms with Crippen molar-refractivity contribution in [3.63, 3.8) is 0 Å². The van der Waals surface area contributed by atoms with Crippen molar-refractivity contribution in [1.82, 2.24) is 19.9 Å². The molecule has 0 aliphatic heterocycles. The largest absolute Gasteiger partial charge is 0.256 e. The van der Waals surface area contributed by atoms with Gasteiger partial charge in [0.15, 0.2) is 0 Å². The maximum Gasteiger partial charge on any atom is 0.0886 e. The molecule has 0 saturated heterocycles. The molecule has 0 aliphatic rings. The molecule has 8 rings (SSSR count). The van der Waals surface area contributed by atoms with Gasteiger partial charge in [0, 0.05) is 41.5 Å². The van der Waals surface area contributed by atoms with Crippen LogP contribution in [0.4, 0.5) is 0 Å². The van der Waals surface area contributed by atoms with Crippen molar-refractivity contribution in [2.45, 2.75) is 0 Å². The first-order valence-electron chi connectivity index (χ1n) is 14.6. The van der Waals surface area contributed by atoms with Gasteiger partial charge in [-0.1, -0.05) is 84.9 Å². The first-order chi connectivity index (χ1) is 21.8. The molecule has 0 unspecified atom stereocenters. The average Bonchev–Trinajstić information content (AvgIpc) is 3.12. The molecule has 0 atom stereocenters. The van der Waals surface area contributed by atoms with Gasteiger partial charge in [0.2, 0.25) is 0 Å². The molecule has 4 nitrogen and oxygen atoms in total. The van der Waals surface area contributed by atoms with E-state index in [9.17, 15) is 0 Å². The van der Waals surface area contributed by atoms with Gasteiger partial charge in [-0.25, -0.2) is 0 Å². The van der Waals surface area contributed by atoms with E-state index in [4.69, 9.17) is 9.97 Å². The van der Waals surface area contributed by atoms with E-state index in [1.54, 1.807) is 6.20 Å². The van der Waals surface area contributed by atoms with Crippen molar-refractivity contribution in [1.29, 1.82) is 0 Å². The van der Waals surface area contributed by atoms with Crippen LogP contribution in [0.2, 0.25) is 0 Å². The molecule has 0 saturated carbocycles. The van der Waals surface area contributed by atoms with Gasteiger partial charge < -0.3 is 0 Å². The minimum absolute atomic E-state index is 0.849. The molecule has 4 aromatic heterocycles. The molecule has 0 radical (unpaired) electrons. The van der Waals surface area contributed by atoms with Crippen LogP contribution in [0, 0.1) is 0 Å². The van der Waals surface area contributed by atoms with Crippen molar-refractivity contribution >= 4 is 21.5 Å². The van der Waals surface area contributed by atoms with Crippen molar-refractivity contribution in [3.05, 3.63) is 158 Å². The summed E-state index contributed by atoms with van der Waals surface area (Å²) in [6.07, 6.45) is 7.50. The van der Waals surface area contributed by atoms with Gasteiger partial charge in [-0.05, 0) is 86.8 Å². The Labute approximate surface area is 255 Å². The Bertz CT molecular complexity index is 2230. The molecule has 0 amide bonds. The van der Waals surface area contributed by atoms with Crippen molar-refractivity contribution in [2.24, 2.45) is 0 Å².